The lowest BCUT2D eigenvalue weighted by atomic mass is 10.0. The molecule has 0 aromatic heterocycles. The minimum atomic E-state index is -0.812. The molecule has 63 heavy (non-hydrogen) atoms. The second-order valence-electron chi connectivity index (χ2n) is 18.0. The SMILES string of the molecule is CC/C=C/C=C/C=C\C=C/CCCC(CC(=O)NC(CO)C(O)CCCCCCCCCCCCCCCCCCC)OC(=O)CCCCC/C=C/C=C/CCCCCCCCC. The Balaban J connectivity index is 4.58. The normalized spacial score (nSPS) is 13.8. The molecule has 0 aliphatic heterocycles. The maximum Gasteiger partial charge on any atom is 0.306 e. The smallest absolute Gasteiger partial charge is 0.306 e. The van der Waals surface area contributed by atoms with Gasteiger partial charge in [-0.05, 0) is 64.2 Å². The lowest BCUT2D eigenvalue weighted by Gasteiger charge is -2.24. The van der Waals surface area contributed by atoms with Crippen molar-refractivity contribution in [2.45, 2.75) is 270 Å². The van der Waals surface area contributed by atoms with Gasteiger partial charge in [-0.15, -0.1) is 0 Å². The van der Waals surface area contributed by atoms with Crippen molar-refractivity contribution in [3.05, 3.63) is 72.9 Å². The van der Waals surface area contributed by atoms with Gasteiger partial charge in [0.15, 0.2) is 0 Å². The molecule has 0 aliphatic rings. The van der Waals surface area contributed by atoms with E-state index in [9.17, 15) is 19.8 Å². The van der Waals surface area contributed by atoms with Gasteiger partial charge in [-0.2, -0.15) is 0 Å². The summed E-state index contributed by atoms with van der Waals surface area (Å²) in [5.74, 6) is -0.574. The molecule has 0 saturated heterocycles. The molecule has 0 saturated carbocycles. The number of aliphatic hydroxyl groups is 2. The van der Waals surface area contributed by atoms with Crippen molar-refractivity contribution in [1.29, 1.82) is 0 Å². The Labute approximate surface area is 390 Å². The van der Waals surface area contributed by atoms with Crippen LogP contribution in [0.25, 0.3) is 0 Å². The summed E-state index contributed by atoms with van der Waals surface area (Å²) in [4.78, 5) is 26.1. The highest BCUT2D eigenvalue weighted by Crippen LogP contribution is 2.17. The number of esters is 1. The standard InChI is InChI=1S/C57H101NO5/c1-4-7-10-13-16-19-22-24-26-28-29-31-34-37-40-43-46-49-55(60)54(52-59)58-56(61)51-53(48-45-42-39-36-33-21-18-15-12-9-6-3)63-57(62)50-47-44-41-38-35-32-30-27-25-23-20-17-14-11-8-5-2/h9,12,15,18,21,27,30,32-33,35-36,39,53-55,59-60H,4-8,10-11,13-14,16-17,19-20,22-26,28-29,31,34,37-38,40-52H2,1-3H3,(H,58,61)/b12-9+,18-15+,30-27+,33-21-,35-32+,39-36-. The van der Waals surface area contributed by atoms with E-state index in [2.05, 4.69) is 62.5 Å². The van der Waals surface area contributed by atoms with Gasteiger partial charge in [0.1, 0.15) is 6.10 Å². The summed E-state index contributed by atoms with van der Waals surface area (Å²) in [6.45, 7) is 6.32. The van der Waals surface area contributed by atoms with E-state index in [1.54, 1.807) is 0 Å². The van der Waals surface area contributed by atoms with E-state index in [0.717, 1.165) is 70.6 Å². The molecule has 0 spiro atoms. The molecule has 6 nitrogen and oxygen atoms in total. The summed E-state index contributed by atoms with van der Waals surface area (Å²) in [6, 6.07) is -0.731. The largest absolute Gasteiger partial charge is 0.462 e. The third-order valence-corrected chi connectivity index (χ3v) is 11.9. The molecule has 0 aliphatic carbocycles. The lowest BCUT2D eigenvalue weighted by Crippen LogP contribution is -2.46. The molecule has 0 fully saturated rings. The minimum Gasteiger partial charge on any atom is -0.462 e. The van der Waals surface area contributed by atoms with Gasteiger partial charge in [0.25, 0.3) is 0 Å². The van der Waals surface area contributed by atoms with Crippen molar-refractivity contribution >= 4 is 11.9 Å². The molecule has 0 rings (SSSR count). The third-order valence-electron chi connectivity index (χ3n) is 11.9. The number of carbonyl (C=O) groups is 2. The van der Waals surface area contributed by atoms with E-state index in [1.807, 2.05) is 36.5 Å². The summed E-state index contributed by atoms with van der Waals surface area (Å²) in [5.41, 5.74) is 0. The van der Waals surface area contributed by atoms with Crippen LogP contribution in [0.15, 0.2) is 72.9 Å². The average molecular weight is 880 g/mol. The lowest BCUT2D eigenvalue weighted by molar-refractivity contribution is -0.151. The Morgan fingerprint density at radius 3 is 1.35 bits per heavy atom. The Morgan fingerprint density at radius 2 is 0.873 bits per heavy atom. The summed E-state index contributed by atoms with van der Waals surface area (Å²) < 4.78 is 5.88. The molecule has 1 amide bonds. The molecule has 0 radical (unpaired) electrons. The van der Waals surface area contributed by atoms with Gasteiger partial charge < -0.3 is 20.3 Å². The molecule has 3 atom stereocenters. The van der Waals surface area contributed by atoms with Crippen molar-refractivity contribution in [2.24, 2.45) is 0 Å². The van der Waals surface area contributed by atoms with Crippen LogP contribution in [-0.2, 0) is 14.3 Å². The number of hydrogen-bond acceptors (Lipinski definition) is 5. The van der Waals surface area contributed by atoms with Gasteiger partial charge in [0, 0.05) is 6.42 Å². The number of unbranched alkanes of at least 4 members (excludes halogenated alkanes) is 27. The Bertz CT molecular complexity index is 1170. The number of nitrogens with one attached hydrogen (secondary N) is 1. The maximum absolute atomic E-state index is 13.2. The minimum absolute atomic E-state index is 0.0189. The first-order chi connectivity index (χ1) is 31.0. The number of allylic oxidation sites excluding steroid dienone is 12. The Kier molecular flexibility index (Phi) is 48.1. The zero-order chi connectivity index (χ0) is 45.9. The zero-order valence-electron chi connectivity index (χ0n) is 41.4. The highest BCUT2D eigenvalue weighted by atomic mass is 16.5. The van der Waals surface area contributed by atoms with Crippen LogP contribution in [0.4, 0.5) is 0 Å². The monoisotopic (exact) mass is 880 g/mol. The molecule has 0 aromatic carbocycles. The van der Waals surface area contributed by atoms with Crippen molar-refractivity contribution < 1.29 is 24.5 Å². The van der Waals surface area contributed by atoms with E-state index in [0.29, 0.717) is 19.3 Å². The number of aliphatic hydroxyl groups excluding tert-OH is 2. The fourth-order valence-electron chi connectivity index (χ4n) is 7.85. The Morgan fingerprint density at radius 1 is 0.476 bits per heavy atom. The third kappa shape index (κ3) is 45.7. The van der Waals surface area contributed by atoms with Gasteiger partial charge in [0.2, 0.25) is 5.91 Å². The van der Waals surface area contributed by atoms with Crippen LogP contribution in [0.2, 0.25) is 0 Å². The molecule has 3 unspecified atom stereocenters. The van der Waals surface area contributed by atoms with Crippen LogP contribution >= 0.6 is 0 Å². The second kappa shape index (κ2) is 50.3. The van der Waals surface area contributed by atoms with Crippen molar-refractivity contribution in [3.8, 4) is 0 Å². The molecule has 3 N–H and O–H groups in total. The van der Waals surface area contributed by atoms with E-state index in [1.165, 1.54) is 135 Å². The molecule has 6 heteroatoms. The fourth-order valence-corrected chi connectivity index (χ4v) is 7.85. The fraction of sp³-hybridized carbons (Fsp3) is 0.754. The quantitative estimate of drug-likeness (QED) is 0.0321. The molecule has 0 aromatic rings. The summed E-state index contributed by atoms with van der Waals surface area (Å²) in [7, 11) is 0. The van der Waals surface area contributed by atoms with Crippen LogP contribution < -0.4 is 5.32 Å². The predicted octanol–water partition coefficient (Wildman–Crippen LogP) is 16.2. The van der Waals surface area contributed by atoms with Gasteiger partial charge in [-0.25, -0.2) is 0 Å². The van der Waals surface area contributed by atoms with Gasteiger partial charge in [-0.3, -0.25) is 9.59 Å². The first-order valence-corrected chi connectivity index (χ1v) is 26.7. The highest BCUT2D eigenvalue weighted by molar-refractivity contribution is 5.77. The van der Waals surface area contributed by atoms with Gasteiger partial charge in [0.05, 0.1) is 25.2 Å². The first-order valence-electron chi connectivity index (χ1n) is 26.7. The van der Waals surface area contributed by atoms with Crippen LogP contribution in [0.1, 0.15) is 252 Å². The van der Waals surface area contributed by atoms with E-state index in [-0.39, 0.29) is 24.9 Å². The average Bonchev–Trinajstić information content (AvgIpc) is 3.28. The van der Waals surface area contributed by atoms with Gasteiger partial charge >= 0.3 is 5.97 Å². The van der Waals surface area contributed by atoms with Gasteiger partial charge in [-0.1, -0.05) is 248 Å². The van der Waals surface area contributed by atoms with E-state index >= 15 is 0 Å². The first kappa shape index (κ1) is 60.3. The highest BCUT2D eigenvalue weighted by Gasteiger charge is 2.24. The van der Waals surface area contributed by atoms with E-state index < -0.39 is 18.2 Å². The number of amides is 1. The number of hydrogen-bond donors (Lipinski definition) is 3. The topological polar surface area (TPSA) is 95.9 Å². The molecule has 0 heterocycles. The van der Waals surface area contributed by atoms with Crippen LogP contribution in [0.5, 0.6) is 0 Å². The number of carbonyl (C=O) groups excluding carboxylic acids is 2. The number of ether oxygens (including phenoxy) is 1. The van der Waals surface area contributed by atoms with Crippen molar-refractivity contribution in [1.82, 2.24) is 5.32 Å². The predicted molar refractivity (Wildman–Crippen MR) is 273 cm³/mol. The molecular formula is C57H101NO5. The van der Waals surface area contributed by atoms with E-state index in [4.69, 9.17) is 4.74 Å². The van der Waals surface area contributed by atoms with Crippen molar-refractivity contribution in [2.75, 3.05) is 6.61 Å². The molecule has 364 valence electrons. The maximum atomic E-state index is 13.2. The van der Waals surface area contributed by atoms with Crippen LogP contribution in [0.3, 0.4) is 0 Å². The summed E-state index contributed by atoms with van der Waals surface area (Å²) >= 11 is 0. The zero-order valence-corrected chi connectivity index (χ0v) is 41.4. The summed E-state index contributed by atoms with van der Waals surface area (Å²) in [5, 5.41) is 23.8. The number of rotatable bonds is 47. The molecule has 0 bridgehead atoms. The second-order valence-corrected chi connectivity index (χ2v) is 18.0. The van der Waals surface area contributed by atoms with Crippen LogP contribution in [0, 0.1) is 0 Å². The van der Waals surface area contributed by atoms with Crippen molar-refractivity contribution in [3.63, 3.8) is 0 Å². The Hall–Kier alpha value is -2.70. The molecular weight excluding hydrogens is 779 g/mol. The summed E-state index contributed by atoms with van der Waals surface area (Å²) in [6.07, 6.45) is 64.1. The van der Waals surface area contributed by atoms with Crippen LogP contribution in [-0.4, -0.2) is 46.9 Å².